The Hall–Kier alpha value is -2.77. The molecule has 1 fully saturated rings. The minimum atomic E-state index is -0.177. The summed E-state index contributed by atoms with van der Waals surface area (Å²) in [5.41, 5.74) is 2.45. The largest absolute Gasteiger partial charge is 0.497 e. The second kappa shape index (κ2) is 9.16. The molecule has 7 heteroatoms. The molecule has 4 rings (SSSR count). The second-order valence-electron chi connectivity index (χ2n) is 9.40. The molecule has 0 bridgehead atoms. The third-order valence-corrected chi connectivity index (χ3v) is 6.14. The van der Waals surface area contributed by atoms with Crippen molar-refractivity contribution in [2.45, 2.75) is 38.9 Å². The predicted molar refractivity (Wildman–Crippen MR) is 119 cm³/mol. The highest BCUT2D eigenvalue weighted by atomic mass is 16.5. The SMILES string of the molecule is COc1ccc([C@@H](c2nnnn2C(C)(C)C)[NH+]2CC[NH+](Cc3ccccc3)CC2)cc1. The molecule has 2 aromatic carbocycles. The van der Waals surface area contributed by atoms with E-state index in [2.05, 4.69) is 78.8 Å². The van der Waals surface area contributed by atoms with Crippen LogP contribution in [0, 0.1) is 0 Å². The van der Waals surface area contributed by atoms with Crippen LogP contribution in [0.25, 0.3) is 0 Å². The van der Waals surface area contributed by atoms with E-state index in [9.17, 15) is 0 Å². The summed E-state index contributed by atoms with van der Waals surface area (Å²) in [7, 11) is 1.70. The van der Waals surface area contributed by atoms with Crippen LogP contribution in [0.15, 0.2) is 54.6 Å². The van der Waals surface area contributed by atoms with E-state index in [0.29, 0.717) is 0 Å². The number of rotatable bonds is 6. The Morgan fingerprint density at radius 2 is 1.65 bits per heavy atom. The fraction of sp³-hybridized carbons (Fsp3) is 0.458. The van der Waals surface area contributed by atoms with Gasteiger partial charge in [-0.15, -0.1) is 5.10 Å². The summed E-state index contributed by atoms with van der Waals surface area (Å²) < 4.78 is 7.36. The Labute approximate surface area is 184 Å². The molecule has 0 aliphatic carbocycles. The fourth-order valence-corrected chi connectivity index (χ4v) is 4.49. The van der Waals surface area contributed by atoms with Crippen LogP contribution in [0.5, 0.6) is 5.75 Å². The van der Waals surface area contributed by atoms with E-state index in [1.165, 1.54) is 16.0 Å². The maximum Gasteiger partial charge on any atom is 0.214 e. The van der Waals surface area contributed by atoms with Crippen molar-refractivity contribution < 1.29 is 14.5 Å². The lowest BCUT2D eigenvalue weighted by atomic mass is 10.0. The second-order valence-corrected chi connectivity index (χ2v) is 9.40. The van der Waals surface area contributed by atoms with Crippen LogP contribution in [-0.2, 0) is 12.1 Å². The number of methoxy groups -OCH3 is 1. The van der Waals surface area contributed by atoms with Crippen molar-refractivity contribution in [1.82, 2.24) is 20.2 Å². The summed E-state index contributed by atoms with van der Waals surface area (Å²) in [6, 6.07) is 19.3. The van der Waals surface area contributed by atoms with Gasteiger partial charge < -0.3 is 14.5 Å². The molecule has 1 atom stereocenters. The summed E-state index contributed by atoms with van der Waals surface area (Å²) in [6.45, 7) is 12.0. The number of hydrogen-bond acceptors (Lipinski definition) is 4. The van der Waals surface area contributed by atoms with Gasteiger partial charge in [0.1, 0.15) is 38.5 Å². The first-order chi connectivity index (χ1) is 15.0. The summed E-state index contributed by atoms with van der Waals surface area (Å²) in [6.07, 6.45) is 0. The van der Waals surface area contributed by atoms with E-state index in [1.807, 2.05) is 16.8 Å². The smallest absolute Gasteiger partial charge is 0.214 e. The first kappa shape index (κ1) is 21.5. The molecule has 0 amide bonds. The number of piperazine rings is 1. The number of nitrogens with zero attached hydrogens (tertiary/aromatic N) is 4. The molecule has 2 heterocycles. The van der Waals surface area contributed by atoms with Gasteiger partial charge in [0.25, 0.3) is 0 Å². The van der Waals surface area contributed by atoms with Gasteiger partial charge >= 0.3 is 0 Å². The van der Waals surface area contributed by atoms with Gasteiger partial charge in [-0.05, 0) is 55.5 Å². The highest BCUT2D eigenvalue weighted by molar-refractivity contribution is 5.30. The van der Waals surface area contributed by atoms with Crippen molar-refractivity contribution in [3.8, 4) is 5.75 Å². The topological polar surface area (TPSA) is 61.7 Å². The van der Waals surface area contributed by atoms with E-state index in [1.54, 1.807) is 12.0 Å². The number of nitrogens with one attached hydrogen (secondary N) is 2. The Morgan fingerprint density at radius 3 is 2.26 bits per heavy atom. The first-order valence-electron chi connectivity index (χ1n) is 11.1. The minimum Gasteiger partial charge on any atom is -0.497 e. The van der Waals surface area contributed by atoms with Crippen molar-refractivity contribution in [1.29, 1.82) is 0 Å². The van der Waals surface area contributed by atoms with Gasteiger partial charge in [-0.3, -0.25) is 0 Å². The highest BCUT2D eigenvalue weighted by Crippen LogP contribution is 2.23. The molecule has 2 N–H and O–H groups in total. The third-order valence-electron chi connectivity index (χ3n) is 6.14. The van der Waals surface area contributed by atoms with Crippen molar-refractivity contribution >= 4 is 0 Å². The Balaban J connectivity index is 1.57. The molecule has 3 aromatic rings. The number of hydrogen-bond donors (Lipinski definition) is 2. The van der Waals surface area contributed by atoms with E-state index < -0.39 is 0 Å². The van der Waals surface area contributed by atoms with Gasteiger partial charge in [0.15, 0.2) is 6.04 Å². The Morgan fingerprint density at radius 1 is 0.968 bits per heavy atom. The van der Waals surface area contributed by atoms with Crippen LogP contribution in [-0.4, -0.2) is 53.5 Å². The van der Waals surface area contributed by atoms with Gasteiger partial charge in [0, 0.05) is 11.1 Å². The van der Waals surface area contributed by atoms with E-state index in [-0.39, 0.29) is 11.6 Å². The minimum absolute atomic E-state index is 0.0957. The lowest BCUT2D eigenvalue weighted by molar-refractivity contribution is -1.03. The zero-order valence-corrected chi connectivity index (χ0v) is 19.0. The van der Waals surface area contributed by atoms with Crippen molar-refractivity contribution in [2.24, 2.45) is 0 Å². The number of quaternary nitrogens is 2. The molecule has 1 saturated heterocycles. The molecule has 0 spiro atoms. The summed E-state index contributed by atoms with van der Waals surface area (Å²) in [4.78, 5) is 3.15. The van der Waals surface area contributed by atoms with Crippen LogP contribution >= 0.6 is 0 Å². The third kappa shape index (κ3) is 4.94. The summed E-state index contributed by atoms with van der Waals surface area (Å²) in [5.74, 6) is 1.80. The normalized spacial score (nSPS) is 20.4. The average Bonchev–Trinajstić information content (AvgIpc) is 3.26. The van der Waals surface area contributed by atoms with Crippen LogP contribution in [0.4, 0.5) is 0 Å². The molecule has 1 aromatic heterocycles. The van der Waals surface area contributed by atoms with E-state index >= 15 is 0 Å². The Kier molecular flexibility index (Phi) is 6.34. The predicted octanol–water partition coefficient (Wildman–Crippen LogP) is 0.510. The van der Waals surface area contributed by atoms with Crippen LogP contribution < -0.4 is 14.5 Å². The number of tetrazole rings is 1. The lowest BCUT2D eigenvalue weighted by Gasteiger charge is -2.35. The lowest BCUT2D eigenvalue weighted by Crippen LogP contribution is -3.27. The zero-order chi connectivity index (χ0) is 21.8. The van der Waals surface area contributed by atoms with Crippen LogP contribution in [0.3, 0.4) is 0 Å². The Bertz CT molecular complexity index is 956. The number of benzene rings is 2. The maximum absolute atomic E-state index is 5.38. The molecule has 1 aliphatic rings. The van der Waals surface area contributed by atoms with Crippen LogP contribution in [0.1, 0.15) is 43.8 Å². The quantitative estimate of drug-likeness (QED) is 0.608. The zero-order valence-electron chi connectivity index (χ0n) is 19.0. The molecule has 7 nitrogen and oxygen atoms in total. The van der Waals surface area contributed by atoms with E-state index in [0.717, 1.165) is 44.3 Å². The maximum atomic E-state index is 5.38. The number of ether oxygens (including phenoxy) is 1. The van der Waals surface area contributed by atoms with Gasteiger partial charge in [-0.25, -0.2) is 4.68 Å². The van der Waals surface area contributed by atoms with Gasteiger partial charge in [0.05, 0.1) is 12.6 Å². The summed E-state index contributed by atoms with van der Waals surface area (Å²) in [5, 5.41) is 12.9. The molecule has 164 valence electrons. The molecule has 0 radical (unpaired) electrons. The molecule has 1 aliphatic heterocycles. The van der Waals surface area contributed by atoms with Crippen molar-refractivity contribution in [2.75, 3.05) is 33.3 Å². The first-order valence-corrected chi connectivity index (χ1v) is 11.1. The molecule has 0 unspecified atom stereocenters. The molecule has 0 saturated carbocycles. The van der Waals surface area contributed by atoms with Gasteiger partial charge in [-0.2, -0.15) is 0 Å². The monoisotopic (exact) mass is 422 g/mol. The molecule has 31 heavy (non-hydrogen) atoms. The van der Waals surface area contributed by atoms with Crippen molar-refractivity contribution in [3.63, 3.8) is 0 Å². The van der Waals surface area contributed by atoms with Crippen molar-refractivity contribution in [3.05, 3.63) is 71.5 Å². The van der Waals surface area contributed by atoms with Crippen LogP contribution in [0.2, 0.25) is 0 Å². The standard InChI is InChI=1S/C24H32N6O/c1-24(2,3)30-23(25-26-27-30)22(20-10-12-21(31-4)13-11-20)29-16-14-28(15-17-29)18-19-8-6-5-7-9-19/h5-13,22H,14-18H2,1-4H3/p+2/t22-/m0/s1. The van der Waals surface area contributed by atoms with E-state index in [4.69, 9.17) is 4.74 Å². The summed E-state index contributed by atoms with van der Waals surface area (Å²) >= 11 is 0. The average molecular weight is 423 g/mol. The highest BCUT2D eigenvalue weighted by Gasteiger charge is 2.37. The fourth-order valence-electron chi connectivity index (χ4n) is 4.49. The van der Waals surface area contributed by atoms with Gasteiger partial charge in [0.2, 0.25) is 5.82 Å². The number of aromatic nitrogens is 4. The molecular weight excluding hydrogens is 388 g/mol. The van der Waals surface area contributed by atoms with Gasteiger partial charge in [-0.1, -0.05) is 30.3 Å². The molecular formula is C24H34N6O+2.